The quantitative estimate of drug-likeness (QED) is 0.655. The summed E-state index contributed by atoms with van der Waals surface area (Å²) in [6, 6.07) is 17.2. The summed E-state index contributed by atoms with van der Waals surface area (Å²) < 4.78 is 0. The summed E-state index contributed by atoms with van der Waals surface area (Å²) in [5.74, 6) is -0.0886. The first-order valence-corrected chi connectivity index (χ1v) is 9.48. The summed E-state index contributed by atoms with van der Waals surface area (Å²) in [5.41, 5.74) is 2.67. The van der Waals surface area contributed by atoms with Crippen molar-refractivity contribution < 1.29 is 9.59 Å². The highest BCUT2D eigenvalue weighted by molar-refractivity contribution is 5.94. The van der Waals surface area contributed by atoms with Gasteiger partial charge in [-0.25, -0.2) is 4.79 Å². The van der Waals surface area contributed by atoms with Crippen molar-refractivity contribution >= 4 is 11.9 Å². The predicted octanol–water partition coefficient (Wildman–Crippen LogP) is 4.17. The number of nitrogens with one attached hydrogen (secondary N) is 3. The van der Waals surface area contributed by atoms with Gasteiger partial charge in [-0.1, -0.05) is 55.8 Å². The number of hydrogen-bond acceptors (Lipinski definition) is 2. The average Bonchev–Trinajstić information content (AvgIpc) is 2.66. The van der Waals surface area contributed by atoms with Gasteiger partial charge in [-0.05, 0) is 43.5 Å². The fourth-order valence-corrected chi connectivity index (χ4v) is 2.81. The summed E-state index contributed by atoms with van der Waals surface area (Å²) >= 11 is 0. The molecule has 0 heterocycles. The normalized spacial score (nSPS) is 11.7. The van der Waals surface area contributed by atoms with Crippen LogP contribution in [0.15, 0.2) is 54.6 Å². The summed E-state index contributed by atoms with van der Waals surface area (Å²) in [6.45, 7) is 6.35. The van der Waals surface area contributed by atoms with E-state index in [4.69, 9.17) is 0 Å². The number of carbonyl (C=O) groups excluding carboxylic acids is 2. The molecule has 0 aliphatic rings. The minimum Gasteiger partial charge on any atom is -0.345 e. The third kappa shape index (κ3) is 6.77. The molecule has 0 aromatic heterocycles. The Labute approximate surface area is 161 Å². The Kier molecular flexibility index (Phi) is 7.86. The number of urea groups is 1. The van der Waals surface area contributed by atoms with E-state index in [-0.39, 0.29) is 24.0 Å². The van der Waals surface area contributed by atoms with Gasteiger partial charge in [0, 0.05) is 18.2 Å². The molecule has 2 rings (SSSR count). The van der Waals surface area contributed by atoms with Crippen molar-refractivity contribution in [3.8, 4) is 0 Å². The molecule has 2 aromatic rings. The lowest BCUT2D eigenvalue weighted by Gasteiger charge is -2.19. The molecule has 0 aliphatic carbocycles. The van der Waals surface area contributed by atoms with Crippen LogP contribution in [0.2, 0.25) is 0 Å². The second-order valence-electron chi connectivity index (χ2n) is 6.90. The van der Waals surface area contributed by atoms with Crippen LogP contribution in [0.4, 0.5) is 4.79 Å². The molecule has 0 aliphatic heterocycles. The Morgan fingerprint density at radius 3 is 2.19 bits per heavy atom. The maximum atomic E-state index is 12.6. The molecule has 5 heteroatoms. The molecule has 3 amide bonds. The molecule has 0 fully saturated rings. The second kappa shape index (κ2) is 10.4. The number of rotatable bonds is 8. The van der Waals surface area contributed by atoms with E-state index in [1.807, 2.05) is 56.3 Å². The molecular weight excluding hydrogens is 338 g/mol. The van der Waals surface area contributed by atoms with Crippen molar-refractivity contribution in [3.63, 3.8) is 0 Å². The highest BCUT2D eigenvalue weighted by Crippen LogP contribution is 2.19. The van der Waals surface area contributed by atoms with Gasteiger partial charge in [-0.2, -0.15) is 0 Å². The van der Waals surface area contributed by atoms with Gasteiger partial charge in [0.1, 0.15) is 0 Å². The zero-order valence-electron chi connectivity index (χ0n) is 16.3. The third-order valence-corrected chi connectivity index (χ3v) is 4.17. The molecule has 0 saturated heterocycles. The van der Waals surface area contributed by atoms with Gasteiger partial charge < -0.3 is 16.0 Å². The van der Waals surface area contributed by atoms with Gasteiger partial charge in [0.2, 0.25) is 0 Å². The zero-order chi connectivity index (χ0) is 19.6. The SMILES string of the molecule is CCCC(NC(=O)c1ccc(CNC(=O)NC(C)C)cc1)c1ccccc1. The Bertz CT molecular complexity index is 727. The molecule has 0 saturated carbocycles. The third-order valence-electron chi connectivity index (χ3n) is 4.17. The molecule has 27 heavy (non-hydrogen) atoms. The first-order valence-electron chi connectivity index (χ1n) is 9.48. The smallest absolute Gasteiger partial charge is 0.315 e. The van der Waals surface area contributed by atoms with Crippen molar-refractivity contribution in [1.29, 1.82) is 0 Å². The van der Waals surface area contributed by atoms with Crippen molar-refractivity contribution in [2.45, 2.75) is 52.2 Å². The maximum absolute atomic E-state index is 12.6. The van der Waals surface area contributed by atoms with E-state index in [2.05, 4.69) is 22.9 Å². The van der Waals surface area contributed by atoms with E-state index in [1.165, 1.54) is 0 Å². The van der Waals surface area contributed by atoms with Crippen LogP contribution in [-0.2, 0) is 6.54 Å². The van der Waals surface area contributed by atoms with Gasteiger partial charge in [0.25, 0.3) is 5.91 Å². The predicted molar refractivity (Wildman–Crippen MR) is 109 cm³/mol. The van der Waals surface area contributed by atoms with Gasteiger partial charge >= 0.3 is 6.03 Å². The lowest BCUT2D eigenvalue weighted by atomic mass is 10.0. The summed E-state index contributed by atoms with van der Waals surface area (Å²) in [5, 5.41) is 8.70. The van der Waals surface area contributed by atoms with Crippen LogP contribution >= 0.6 is 0 Å². The van der Waals surface area contributed by atoms with E-state index in [0.29, 0.717) is 12.1 Å². The summed E-state index contributed by atoms with van der Waals surface area (Å²) in [4.78, 5) is 24.2. The number of benzene rings is 2. The van der Waals surface area contributed by atoms with Crippen LogP contribution < -0.4 is 16.0 Å². The summed E-state index contributed by atoms with van der Waals surface area (Å²) in [6.07, 6.45) is 1.88. The van der Waals surface area contributed by atoms with Crippen LogP contribution in [-0.4, -0.2) is 18.0 Å². The molecule has 0 bridgehead atoms. The van der Waals surface area contributed by atoms with Crippen molar-refractivity contribution in [3.05, 3.63) is 71.3 Å². The van der Waals surface area contributed by atoms with Gasteiger partial charge in [0.05, 0.1) is 6.04 Å². The van der Waals surface area contributed by atoms with Crippen LogP contribution in [0, 0.1) is 0 Å². The lowest BCUT2D eigenvalue weighted by Crippen LogP contribution is -2.39. The molecule has 3 N–H and O–H groups in total. The number of carbonyl (C=O) groups is 2. The lowest BCUT2D eigenvalue weighted by molar-refractivity contribution is 0.0934. The molecule has 1 atom stereocenters. The van der Waals surface area contributed by atoms with Gasteiger partial charge in [-0.15, -0.1) is 0 Å². The molecular formula is C22H29N3O2. The maximum Gasteiger partial charge on any atom is 0.315 e. The first-order chi connectivity index (χ1) is 13.0. The fraction of sp³-hybridized carbons (Fsp3) is 0.364. The Balaban J connectivity index is 1.95. The highest BCUT2D eigenvalue weighted by Gasteiger charge is 2.15. The molecule has 144 valence electrons. The Morgan fingerprint density at radius 2 is 1.59 bits per heavy atom. The minimum atomic E-state index is -0.197. The van der Waals surface area contributed by atoms with Crippen LogP contribution in [0.5, 0.6) is 0 Å². The Morgan fingerprint density at radius 1 is 0.926 bits per heavy atom. The van der Waals surface area contributed by atoms with E-state index < -0.39 is 0 Å². The molecule has 1 unspecified atom stereocenters. The van der Waals surface area contributed by atoms with E-state index in [9.17, 15) is 9.59 Å². The van der Waals surface area contributed by atoms with Crippen molar-refractivity contribution in [1.82, 2.24) is 16.0 Å². The van der Waals surface area contributed by atoms with Gasteiger partial charge in [-0.3, -0.25) is 4.79 Å². The molecule has 0 spiro atoms. The largest absolute Gasteiger partial charge is 0.345 e. The average molecular weight is 367 g/mol. The monoisotopic (exact) mass is 367 g/mol. The van der Waals surface area contributed by atoms with Crippen LogP contribution in [0.1, 0.15) is 61.1 Å². The van der Waals surface area contributed by atoms with E-state index >= 15 is 0 Å². The zero-order valence-corrected chi connectivity index (χ0v) is 16.3. The van der Waals surface area contributed by atoms with Crippen molar-refractivity contribution in [2.24, 2.45) is 0 Å². The number of amides is 3. The molecule has 2 aromatic carbocycles. The van der Waals surface area contributed by atoms with Crippen molar-refractivity contribution in [2.75, 3.05) is 0 Å². The van der Waals surface area contributed by atoms with E-state index in [0.717, 1.165) is 24.0 Å². The van der Waals surface area contributed by atoms with Gasteiger partial charge in [0.15, 0.2) is 0 Å². The fourth-order valence-electron chi connectivity index (χ4n) is 2.81. The van der Waals surface area contributed by atoms with E-state index in [1.54, 1.807) is 12.1 Å². The number of hydrogen-bond donors (Lipinski definition) is 3. The first kappa shape index (κ1) is 20.5. The minimum absolute atomic E-state index is 0.00442. The van der Waals surface area contributed by atoms with Crippen LogP contribution in [0.25, 0.3) is 0 Å². The highest BCUT2D eigenvalue weighted by atomic mass is 16.2. The standard InChI is InChI=1S/C22H29N3O2/c1-4-8-20(18-9-6-5-7-10-18)25-21(26)19-13-11-17(12-14-19)15-23-22(27)24-16(2)3/h5-7,9-14,16,20H,4,8,15H2,1-3H3,(H,25,26)(H2,23,24,27). The van der Waals surface area contributed by atoms with Crippen LogP contribution in [0.3, 0.4) is 0 Å². The molecule has 5 nitrogen and oxygen atoms in total. The summed E-state index contributed by atoms with van der Waals surface area (Å²) in [7, 11) is 0. The Hall–Kier alpha value is -2.82. The second-order valence-corrected chi connectivity index (χ2v) is 6.90. The molecule has 0 radical (unpaired) electrons. The topological polar surface area (TPSA) is 70.2 Å².